The van der Waals surface area contributed by atoms with Crippen LogP contribution in [-0.2, 0) is 6.18 Å². The highest BCUT2D eigenvalue weighted by molar-refractivity contribution is 6.01. The first-order valence-electron chi connectivity index (χ1n) is 6.81. The third-order valence-corrected chi connectivity index (χ3v) is 3.57. The van der Waals surface area contributed by atoms with Crippen LogP contribution >= 0.6 is 0 Å². The zero-order chi connectivity index (χ0) is 16.6. The molecule has 0 unspecified atom stereocenters. The normalized spacial score (nSPS) is 11.7. The summed E-state index contributed by atoms with van der Waals surface area (Å²) in [5.41, 5.74) is 6.27. The SMILES string of the molecule is COc1nc(-c2cccc(C(F)(F)F)c2)c(N)c2ccccc12. The first-order chi connectivity index (χ1) is 10.9. The van der Waals surface area contributed by atoms with E-state index in [9.17, 15) is 13.2 Å². The van der Waals surface area contributed by atoms with Crippen LogP contribution in [0.5, 0.6) is 5.88 Å². The summed E-state index contributed by atoms with van der Waals surface area (Å²) in [4.78, 5) is 4.30. The van der Waals surface area contributed by atoms with E-state index in [1.807, 2.05) is 6.07 Å². The van der Waals surface area contributed by atoms with Crippen LogP contribution in [0.15, 0.2) is 48.5 Å². The molecule has 0 saturated heterocycles. The Morgan fingerprint density at radius 1 is 1.00 bits per heavy atom. The van der Waals surface area contributed by atoms with E-state index in [-0.39, 0.29) is 5.69 Å². The van der Waals surface area contributed by atoms with Crippen molar-refractivity contribution < 1.29 is 17.9 Å². The van der Waals surface area contributed by atoms with Gasteiger partial charge >= 0.3 is 6.18 Å². The molecule has 0 spiro atoms. The first kappa shape index (κ1) is 15.1. The number of pyridine rings is 1. The summed E-state index contributed by atoms with van der Waals surface area (Å²) >= 11 is 0. The highest BCUT2D eigenvalue weighted by Crippen LogP contribution is 2.37. The Morgan fingerprint density at radius 2 is 1.70 bits per heavy atom. The smallest absolute Gasteiger partial charge is 0.416 e. The van der Waals surface area contributed by atoms with Gasteiger partial charge in [-0.1, -0.05) is 30.3 Å². The van der Waals surface area contributed by atoms with Gasteiger partial charge in [0.05, 0.1) is 24.1 Å². The zero-order valence-corrected chi connectivity index (χ0v) is 12.2. The molecule has 0 aliphatic heterocycles. The molecule has 1 aromatic heterocycles. The molecule has 0 radical (unpaired) electrons. The lowest BCUT2D eigenvalue weighted by molar-refractivity contribution is -0.137. The van der Waals surface area contributed by atoms with Gasteiger partial charge in [0, 0.05) is 16.3 Å². The van der Waals surface area contributed by atoms with Crippen molar-refractivity contribution >= 4 is 16.5 Å². The summed E-state index contributed by atoms with van der Waals surface area (Å²) in [7, 11) is 1.46. The average molecular weight is 318 g/mol. The number of benzene rings is 2. The quantitative estimate of drug-likeness (QED) is 0.756. The molecule has 2 aromatic carbocycles. The Bertz CT molecular complexity index is 875. The molecule has 3 rings (SSSR count). The van der Waals surface area contributed by atoms with Crippen molar-refractivity contribution in [3.8, 4) is 17.1 Å². The first-order valence-corrected chi connectivity index (χ1v) is 6.81. The second-order valence-electron chi connectivity index (χ2n) is 5.01. The van der Waals surface area contributed by atoms with Crippen LogP contribution in [0.2, 0.25) is 0 Å². The van der Waals surface area contributed by atoms with E-state index in [0.29, 0.717) is 27.9 Å². The minimum atomic E-state index is -4.42. The summed E-state index contributed by atoms with van der Waals surface area (Å²) < 4.78 is 44.0. The van der Waals surface area contributed by atoms with Gasteiger partial charge in [0.25, 0.3) is 0 Å². The Labute approximate surface area is 130 Å². The molecule has 0 aliphatic rings. The number of alkyl halides is 3. The predicted molar refractivity (Wildman–Crippen MR) is 83.1 cm³/mol. The highest BCUT2D eigenvalue weighted by Gasteiger charge is 2.30. The number of methoxy groups -OCH3 is 1. The minimum absolute atomic E-state index is 0.270. The summed E-state index contributed by atoms with van der Waals surface area (Å²) in [5.74, 6) is 0.321. The van der Waals surface area contributed by atoms with Gasteiger partial charge < -0.3 is 10.5 Å². The molecule has 118 valence electrons. The van der Waals surface area contributed by atoms with E-state index >= 15 is 0 Å². The second-order valence-corrected chi connectivity index (χ2v) is 5.01. The maximum absolute atomic E-state index is 12.9. The summed E-state index contributed by atoms with van der Waals surface area (Å²) in [5, 5.41) is 1.40. The van der Waals surface area contributed by atoms with Gasteiger partial charge in [-0.2, -0.15) is 13.2 Å². The second kappa shape index (κ2) is 5.46. The third-order valence-electron chi connectivity index (χ3n) is 3.57. The highest BCUT2D eigenvalue weighted by atomic mass is 19.4. The molecule has 0 amide bonds. The van der Waals surface area contributed by atoms with E-state index < -0.39 is 11.7 Å². The van der Waals surface area contributed by atoms with E-state index in [0.717, 1.165) is 12.1 Å². The van der Waals surface area contributed by atoms with Crippen LogP contribution in [0.1, 0.15) is 5.56 Å². The Kier molecular flexibility index (Phi) is 3.60. The number of nitrogens with zero attached hydrogens (tertiary/aromatic N) is 1. The molecule has 0 aliphatic carbocycles. The molecule has 0 atom stereocenters. The lowest BCUT2D eigenvalue weighted by Crippen LogP contribution is -2.05. The molecule has 23 heavy (non-hydrogen) atoms. The fourth-order valence-corrected chi connectivity index (χ4v) is 2.47. The van der Waals surface area contributed by atoms with Gasteiger partial charge in [-0.15, -0.1) is 0 Å². The van der Waals surface area contributed by atoms with Gasteiger partial charge in [-0.05, 0) is 18.2 Å². The number of nitrogen functional groups attached to an aromatic ring is 1. The van der Waals surface area contributed by atoms with Crippen LogP contribution in [-0.4, -0.2) is 12.1 Å². The van der Waals surface area contributed by atoms with E-state index in [1.54, 1.807) is 24.3 Å². The maximum Gasteiger partial charge on any atom is 0.416 e. The Morgan fingerprint density at radius 3 is 2.35 bits per heavy atom. The molecular weight excluding hydrogens is 305 g/mol. The predicted octanol–water partition coefficient (Wildman–Crippen LogP) is 4.51. The van der Waals surface area contributed by atoms with Crippen molar-refractivity contribution in [2.24, 2.45) is 0 Å². The molecule has 3 aromatic rings. The number of aromatic nitrogens is 1. The van der Waals surface area contributed by atoms with Crippen LogP contribution in [0, 0.1) is 0 Å². The topological polar surface area (TPSA) is 48.1 Å². The molecular formula is C17H13F3N2O. The van der Waals surface area contributed by atoms with Gasteiger partial charge in [0.2, 0.25) is 5.88 Å². The van der Waals surface area contributed by atoms with Gasteiger partial charge in [0.15, 0.2) is 0 Å². The van der Waals surface area contributed by atoms with Crippen molar-refractivity contribution in [2.45, 2.75) is 6.18 Å². The number of rotatable bonds is 2. The molecule has 3 nitrogen and oxygen atoms in total. The van der Waals surface area contributed by atoms with Crippen molar-refractivity contribution in [3.63, 3.8) is 0 Å². The van der Waals surface area contributed by atoms with Gasteiger partial charge in [-0.25, -0.2) is 4.98 Å². The van der Waals surface area contributed by atoms with E-state index in [2.05, 4.69) is 4.98 Å². The monoisotopic (exact) mass is 318 g/mol. The Balaban J connectivity index is 2.27. The van der Waals surface area contributed by atoms with Gasteiger partial charge in [-0.3, -0.25) is 0 Å². The summed E-state index contributed by atoms with van der Waals surface area (Å²) in [6.45, 7) is 0. The molecule has 6 heteroatoms. The Hall–Kier alpha value is -2.76. The van der Waals surface area contributed by atoms with Gasteiger partial charge in [0.1, 0.15) is 0 Å². The van der Waals surface area contributed by atoms with Crippen molar-refractivity contribution in [1.29, 1.82) is 0 Å². The third kappa shape index (κ3) is 2.67. The summed E-state index contributed by atoms with van der Waals surface area (Å²) in [6.07, 6.45) is -4.42. The van der Waals surface area contributed by atoms with Crippen LogP contribution in [0.4, 0.5) is 18.9 Å². The molecule has 0 fully saturated rings. The van der Waals surface area contributed by atoms with Crippen LogP contribution in [0.3, 0.4) is 0 Å². The van der Waals surface area contributed by atoms with Crippen molar-refractivity contribution in [3.05, 3.63) is 54.1 Å². The van der Waals surface area contributed by atoms with Crippen molar-refractivity contribution in [2.75, 3.05) is 12.8 Å². The standard InChI is InChI=1S/C17H13F3N2O/c1-23-16-13-8-3-2-7-12(13)14(21)15(22-16)10-5-4-6-11(9-10)17(18,19)20/h2-9H,21H2,1H3. The van der Waals surface area contributed by atoms with Crippen molar-refractivity contribution in [1.82, 2.24) is 4.98 Å². The number of hydrogen-bond acceptors (Lipinski definition) is 3. The fraction of sp³-hybridized carbons (Fsp3) is 0.118. The molecule has 1 heterocycles. The van der Waals surface area contributed by atoms with E-state index in [4.69, 9.17) is 10.5 Å². The molecule has 0 saturated carbocycles. The number of halogens is 3. The minimum Gasteiger partial charge on any atom is -0.481 e. The largest absolute Gasteiger partial charge is 0.481 e. The van der Waals surface area contributed by atoms with Crippen LogP contribution in [0.25, 0.3) is 22.0 Å². The summed E-state index contributed by atoms with van der Waals surface area (Å²) in [6, 6.07) is 12.1. The van der Waals surface area contributed by atoms with E-state index in [1.165, 1.54) is 13.2 Å². The molecule has 0 bridgehead atoms. The number of hydrogen-bond donors (Lipinski definition) is 1. The fourth-order valence-electron chi connectivity index (χ4n) is 2.47. The van der Waals surface area contributed by atoms with Crippen LogP contribution < -0.4 is 10.5 Å². The number of anilines is 1. The number of nitrogens with two attached hydrogens (primary N) is 1. The maximum atomic E-state index is 12.9. The average Bonchev–Trinajstić information content (AvgIpc) is 2.55. The number of fused-ring (bicyclic) bond motifs is 1. The zero-order valence-electron chi connectivity index (χ0n) is 12.2. The molecule has 2 N–H and O–H groups in total. The number of ether oxygens (including phenoxy) is 1. The lowest BCUT2D eigenvalue weighted by Gasteiger charge is -2.13. The lowest BCUT2D eigenvalue weighted by atomic mass is 10.0.